The van der Waals surface area contributed by atoms with Crippen LogP contribution < -0.4 is 9.73 Å². The van der Waals surface area contributed by atoms with Crippen molar-refractivity contribution >= 4 is 27.3 Å². The first-order valence-electron chi connectivity index (χ1n) is 9.15. The third-order valence-corrected chi connectivity index (χ3v) is 6.28. The standard InChI is InChI=1S/C20H22FN3O3S/c21-18-13-7-8-14-19(18)24(28(26,27)17-11-5-2-6-12-17)15-20(25)23-22-16-9-3-1-4-10-16/h2,5-8,11-14H,1,3-4,9-10,15H2,(H,23,25). The number of anilines is 1. The number of carbonyl (C=O) groups excluding carboxylic acids is 1. The second-order valence-electron chi connectivity index (χ2n) is 6.55. The minimum Gasteiger partial charge on any atom is -0.271 e. The molecule has 0 bridgehead atoms. The van der Waals surface area contributed by atoms with E-state index in [9.17, 15) is 17.6 Å². The van der Waals surface area contributed by atoms with Gasteiger partial charge in [0.05, 0.1) is 10.6 Å². The molecule has 1 fully saturated rings. The first kappa shape index (κ1) is 20.0. The zero-order valence-electron chi connectivity index (χ0n) is 15.3. The average molecular weight is 403 g/mol. The highest BCUT2D eigenvalue weighted by Gasteiger charge is 2.29. The second kappa shape index (κ2) is 8.97. The van der Waals surface area contributed by atoms with Gasteiger partial charge in [-0.15, -0.1) is 0 Å². The normalized spacial score (nSPS) is 14.4. The number of rotatable bonds is 6. The van der Waals surface area contributed by atoms with E-state index in [0.717, 1.165) is 48.2 Å². The molecule has 0 saturated heterocycles. The highest BCUT2D eigenvalue weighted by atomic mass is 32.2. The number of carbonyl (C=O) groups is 1. The van der Waals surface area contributed by atoms with Crippen LogP contribution in [0.4, 0.5) is 10.1 Å². The molecule has 0 aromatic heterocycles. The Balaban J connectivity index is 1.87. The van der Waals surface area contributed by atoms with Gasteiger partial charge in [0.25, 0.3) is 15.9 Å². The third kappa shape index (κ3) is 4.75. The highest BCUT2D eigenvalue weighted by molar-refractivity contribution is 7.92. The maximum Gasteiger partial charge on any atom is 0.264 e. The molecule has 0 unspecified atom stereocenters. The van der Waals surface area contributed by atoms with Crippen molar-refractivity contribution in [2.24, 2.45) is 5.10 Å². The number of halogens is 1. The summed E-state index contributed by atoms with van der Waals surface area (Å²) in [4.78, 5) is 12.4. The van der Waals surface area contributed by atoms with Crippen LogP contribution in [0.15, 0.2) is 64.6 Å². The monoisotopic (exact) mass is 403 g/mol. The molecule has 1 aliphatic rings. The molecule has 2 aromatic carbocycles. The van der Waals surface area contributed by atoms with Gasteiger partial charge < -0.3 is 0 Å². The molecule has 1 amide bonds. The summed E-state index contributed by atoms with van der Waals surface area (Å²) >= 11 is 0. The van der Waals surface area contributed by atoms with E-state index in [1.807, 2.05) is 0 Å². The van der Waals surface area contributed by atoms with Crippen molar-refractivity contribution in [1.29, 1.82) is 0 Å². The van der Waals surface area contributed by atoms with Crippen molar-refractivity contribution in [3.05, 3.63) is 60.4 Å². The molecule has 0 spiro atoms. The number of para-hydroxylation sites is 1. The van der Waals surface area contributed by atoms with E-state index in [0.29, 0.717) is 0 Å². The lowest BCUT2D eigenvalue weighted by molar-refractivity contribution is -0.119. The molecule has 0 heterocycles. The molecule has 1 saturated carbocycles. The van der Waals surface area contributed by atoms with Crippen LogP contribution in [0, 0.1) is 5.82 Å². The Morgan fingerprint density at radius 2 is 1.64 bits per heavy atom. The summed E-state index contributed by atoms with van der Waals surface area (Å²) in [6, 6.07) is 13.1. The fourth-order valence-corrected chi connectivity index (χ4v) is 4.50. The molecule has 0 aliphatic heterocycles. The number of hydrogen-bond donors (Lipinski definition) is 1. The molecule has 0 radical (unpaired) electrons. The summed E-state index contributed by atoms with van der Waals surface area (Å²) in [5.74, 6) is -1.35. The second-order valence-corrected chi connectivity index (χ2v) is 8.41. The van der Waals surface area contributed by atoms with Crippen molar-refractivity contribution in [2.45, 2.75) is 37.0 Å². The van der Waals surface area contributed by atoms with Crippen LogP contribution in [-0.2, 0) is 14.8 Å². The first-order valence-corrected chi connectivity index (χ1v) is 10.6. The van der Waals surface area contributed by atoms with E-state index in [1.54, 1.807) is 18.2 Å². The van der Waals surface area contributed by atoms with Gasteiger partial charge in [0.1, 0.15) is 12.4 Å². The minimum atomic E-state index is -4.13. The number of benzene rings is 2. The van der Waals surface area contributed by atoms with Gasteiger partial charge in [-0.1, -0.05) is 36.8 Å². The highest BCUT2D eigenvalue weighted by Crippen LogP contribution is 2.26. The molecule has 8 heteroatoms. The van der Waals surface area contributed by atoms with Crippen LogP contribution in [0.2, 0.25) is 0 Å². The predicted molar refractivity (Wildman–Crippen MR) is 106 cm³/mol. The number of sulfonamides is 1. The molecule has 148 valence electrons. The molecule has 0 atom stereocenters. The summed E-state index contributed by atoms with van der Waals surface area (Å²) in [7, 11) is -4.13. The number of hydrazone groups is 1. The van der Waals surface area contributed by atoms with Gasteiger partial charge in [0.15, 0.2) is 0 Å². The predicted octanol–water partition coefficient (Wildman–Crippen LogP) is 3.46. The lowest BCUT2D eigenvalue weighted by Gasteiger charge is -2.24. The Bertz CT molecular complexity index is 954. The summed E-state index contributed by atoms with van der Waals surface area (Å²) in [6.45, 7) is -0.574. The van der Waals surface area contributed by atoms with Crippen molar-refractivity contribution in [1.82, 2.24) is 5.43 Å². The first-order chi connectivity index (χ1) is 13.5. The molecule has 2 aromatic rings. The van der Waals surface area contributed by atoms with Crippen molar-refractivity contribution in [2.75, 3.05) is 10.8 Å². The summed E-state index contributed by atoms with van der Waals surface area (Å²) < 4.78 is 41.3. The van der Waals surface area contributed by atoms with E-state index < -0.39 is 28.3 Å². The van der Waals surface area contributed by atoms with Gasteiger partial charge in [-0.05, 0) is 49.9 Å². The Kier molecular flexibility index (Phi) is 6.41. The molecule has 3 rings (SSSR count). The molecule has 1 aliphatic carbocycles. The average Bonchev–Trinajstić information content (AvgIpc) is 2.72. The fourth-order valence-electron chi connectivity index (χ4n) is 3.05. The van der Waals surface area contributed by atoms with E-state index in [1.165, 1.54) is 30.3 Å². The molecule has 6 nitrogen and oxygen atoms in total. The van der Waals surface area contributed by atoms with Crippen LogP contribution in [0.3, 0.4) is 0 Å². The summed E-state index contributed by atoms with van der Waals surface area (Å²) in [6.07, 6.45) is 4.83. The van der Waals surface area contributed by atoms with Gasteiger partial charge in [-0.2, -0.15) is 5.10 Å². The number of nitrogens with one attached hydrogen (secondary N) is 1. The maximum absolute atomic E-state index is 14.3. The molecular weight excluding hydrogens is 381 g/mol. The Hall–Kier alpha value is -2.74. The van der Waals surface area contributed by atoms with E-state index >= 15 is 0 Å². The minimum absolute atomic E-state index is 0.0235. The summed E-state index contributed by atoms with van der Waals surface area (Å²) in [5.41, 5.74) is 3.12. The SMILES string of the molecule is O=C(CN(c1ccccc1F)S(=O)(=O)c1ccccc1)NN=C1CCCCC1. The van der Waals surface area contributed by atoms with Crippen LogP contribution in [-0.4, -0.2) is 26.6 Å². The smallest absolute Gasteiger partial charge is 0.264 e. The number of amides is 1. The molecule has 1 N–H and O–H groups in total. The topological polar surface area (TPSA) is 78.8 Å². The Morgan fingerprint density at radius 3 is 2.32 bits per heavy atom. The van der Waals surface area contributed by atoms with E-state index in [-0.39, 0.29) is 10.6 Å². The van der Waals surface area contributed by atoms with Gasteiger partial charge in [-0.25, -0.2) is 18.2 Å². The third-order valence-electron chi connectivity index (χ3n) is 4.51. The van der Waals surface area contributed by atoms with Crippen LogP contribution in [0.1, 0.15) is 32.1 Å². The molecule has 28 heavy (non-hydrogen) atoms. The zero-order chi connectivity index (χ0) is 20.0. The van der Waals surface area contributed by atoms with E-state index in [4.69, 9.17) is 0 Å². The number of nitrogens with zero attached hydrogens (tertiary/aromatic N) is 2. The number of hydrogen-bond acceptors (Lipinski definition) is 4. The zero-order valence-corrected chi connectivity index (χ0v) is 16.2. The quantitative estimate of drug-likeness (QED) is 0.751. The van der Waals surface area contributed by atoms with Crippen molar-refractivity contribution < 1.29 is 17.6 Å². The summed E-state index contributed by atoms with van der Waals surface area (Å²) in [5, 5.41) is 4.11. The van der Waals surface area contributed by atoms with Crippen LogP contribution in [0.5, 0.6) is 0 Å². The van der Waals surface area contributed by atoms with Gasteiger partial charge in [0, 0.05) is 5.71 Å². The van der Waals surface area contributed by atoms with Crippen LogP contribution in [0.25, 0.3) is 0 Å². The van der Waals surface area contributed by atoms with E-state index in [2.05, 4.69) is 10.5 Å². The fraction of sp³-hybridized carbons (Fsp3) is 0.300. The van der Waals surface area contributed by atoms with Gasteiger partial charge in [0.2, 0.25) is 0 Å². The van der Waals surface area contributed by atoms with Gasteiger partial charge in [-0.3, -0.25) is 9.10 Å². The lowest BCUT2D eigenvalue weighted by atomic mass is 9.99. The van der Waals surface area contributed by atoms with Crippen molar-refractivity contribution in [3.63, 3.8) is 0 Å². The largest absolute Gasteiger partial charge is 0.271 e. The van der Waals surface area contributed by atoms with Gasteiger partial charge >= 0.3 is 0 Å². The lowest BCUT2D eigenvalue weighted by Crippen LogP contribution is -2.40. The van der Waals surface area contributed by atoms with Crippen LogP contribution >= 0.6 is 0 Å². The maximum atomic E-state index is 14.3. The Labute approximate surface area is 164 Å². The molecular formula is C20H22FN3O3S. The van der Waals surface area contributed by atoms with Crippen molar-refractivity contribution in [3.8, 4) is 0 Å². The Morgan fingerprint density at radius 1 is 1.00 bits per heavy atom.